The van der Waals surface area contributed by atoms with Gasteiger partial charge in [-0.3, -0.25) is 0 Å². The van der Waals surface area contributed by atoms with E-state index in [0.29, 0.717) is 18.5 Å². The number of carboxylic acid groups (broad SMARTS) is 1. The smallest absolute Gasteiger partial charge is 0.326 e. The number of fused-ring (bicyclic) bond motifs is 1. The summed E-state index contributed by atoms with van der Waals surface area (Å²) in [5, 5.41) is 9.46. The predicted molar refractivity (Wildman–Crippen MR) is 79.2 cm³/mol. The van der Waals surface area contributed by atoms with Gasteiger partial charge in [-0.05, 0) is 29.3 Å². The number of halogens is 2. The Morgan fingerprint density at radius 1 is 1.33 bits per heavy atom. The van der Waals surface area contributed by atoms with Gasteiger partial charge in [0, 0.05) is 18.7 Å². The summed E-state index contributed by atoms with van der Waals surface area (Å²) in [7, 11) is 0. The first-order chi connectivity index (χ1) is 10.1. The molecule has 0 saturated heterocycles. The van der Waals surface area contributed by atoms with E-state index in [1.165, 1.54) is 12.1 Å². The number of hydrogen-bond donors (Lipinski definition) is 1. The van der Waals surface area contributed by atoms with Gasteiger partial charge < -0.3 is 10.0 Å². The number of benzene rings is 2. The summed E-state index contributed by atoms with van der Waals surface area (Å²) < 4.78 is 13.5. The number of nitrogens with zero attached hydrogens (tertiary/aromatic N) is 1. The second kappa shape index (κ2) is 5.37. The molecule has 3 rings (SSSR count). The van der Waals surface area contributed by atoms with Crippen molar-refractivity contribution in [3.8, 4) is 0 Å². The molecule has 21 heavy (non-hydrogen) atoms. The van der Waals surface area contributed by atoms with Crippen molar-refractivity contribution < 1.29 is 14.3 Å². The number of para-hydroxylation sites is 1. The lowest BCUT2D eigenvalue weighted by Crippen LogP contribution is -2.38. The maximum absolute atomic E-state index is 13.5. The Hall–Kier alpha value is -2.07. The Balaban J connectivity index is 1.94. The molecule has 1 N–H and O–H groups in total. The van der Waals surface area contributed by atoms with Crippen molar-refractivity contribution in [2.45, 2.75) is 19.0 Å². The molecule has 0 saturated carbocycles. The number of hydrogen-bond acceptors (Lipinski definition) is 2. The number of anilines is 1. The van der Waals surface area contributed by atoms with Gasteiger partial charge in [0.2, 0.25) is 0 Å². The SMILES string of the molecule is O=C(O)C1Cc2ccccc2N1Cc1ccc(Cl)c(F)c1. The molecule has 2 aromatic carbocycles. The van der Waals surface area contributed by atoms with E-state index in [0.717, 1.165) is 11.3 Å². The molecule has 3 nitrogen and oxygen atoms in total. The fourth-order valence-electron chi connectivity index (χ4n) is 2.70. The van der Waals surface area contributed by atoms with Crippen molar-refractivity contribution in [1.82, 2.24) is 0 Å². The molecule has 1 aliphatic heterocycles. The molecule has 0 aliphatic carbocycles. The van der Waals surface area contributed by atoms with Crippen LogP contribution in [0, 0.1) is 5.82 Å². The van der Waals surface area contributed by atoms with E-state index < -0.39 is 17.8 Å². The molecule has 1 heterocycles. The van der Waals surface area contributed by atoms with Gasteiger partial charge in [0.05, 0.1) is 5.02 Å². The molecule has 0 aromatic heterocycles. The molecule has 0 bridgehead atoms. The molecule has 1 aliphatic rings. The average molecular weight is 306 g/mol. The van der Waals surface area contributed by atoms with Crippen LogP contribution in [0.3, 0.4) is 0 Å². The normalized spacial score (nSPS) is 16.9. The second-order valence-electron chi connectivity index (χ2n) is 5.06. The first-order valence-corrected chi connectivity index (χ1v) is 6.95. The minimum Gasteiger partial charge on any atom is -0.480 e. The summed E-state index contributed by atoms with van der Waals surface area (Å²) in [5.41, 5.74) is 2.58. The lowest BCUT2D eigenvalue weighted by atomic mass is 10.1. The molecule has 5 heteroatoms. The highest BCUT2D eigenvalue weighted by Crippen LogP contribution is 2.33. The number of rotatable bonds is 3. The monoisotopic (exact) mass is 305 g/mol. The van der Waals surface area contributed by atoms with Crippen molar-refractivity contribution in [2.75, 3.05) is 4.90 Å². The quantitative estimate of drug-likeness (QED) is 0.943. The fourth-order valence-corrected chi connectivity index (χ4v) is 2.82. The Morgan fingerprint density at radius 2 is 2.10 bits per heavy atom. The first-order valence-electron chi connectivity index (χ1n) is 6.57. The number of carboxylic acids is 1. The number of aliphatic carboxylic acids is 1. The van der Waals surface area contributed by atoms with E-state index in [1.807, 2.05) is 24.3 Å². The summed E-state index contributed by atoms with van der Waals surface area (Å²) in [6, 6.07) is 11.5. The Kier molecular flexibility index (Phi) is 3.55. The molecule has 0 radical (unpaired) electrons. The van der Waals surface area contributed by atoms with E-state index in [1.54, 1.807) is 11.0 Å². The zero-order valence-electron chi connectivity index (χ0n) is 11.1. The molecule has 1 unspecified atom stereocenters. The minimum absolute atomic E-state index is 0.0651. The zero-order valence-corrected chi connectivity index (χ0v) is 11.8. The Labute approximate surface area is 126 Å². The van der Waals surface area contributed by atoms with E-state index in [9.17, 15) is 14.3 Å². The lowest BCUT2D eigenvalue weighted by Gasteiger charge is -2.25. The predicted octanol–water partition coefficient (Wildman–Crippen LogP) is 3.50. The topological polar surface area (TPSA) is 40.5 Å². The highest BCUT2D eigenvalue weighted by molar-refractivity contribution is 6.30. The average Bonchev–Trinajstić information content (AvgIpc) is 2.82. The molecule has 2 aromatic rings. The van der Waals surface area contributed by atoms with Crippen LogP contribution >= 0.6 is 11.6 Å². The van der Waals surface area contributed by atoms with Crippen LogP contribution < -0.4 is 4.90 Å². The highest BCUT2D eigenvalue weighted by Gasteiger charge is 2.34. The fraction of sp³-hybridized carbons (Fsp3) is 0.188. The van der Waals surface area contributed by atoms with E-state index >= 15 is 0 Å². The largest absolute Gasteiger partial charge is 0.480 e. The van der Waals surface area contributed by atoms with Crippen molar-refractivity contribution in [3.05, 3.63) is 64.4 Å². The van der Waals surface area contributed by atoms with Gasteiger partial charge in [0.25, 0.3) is 0 Å². The maximum Gasteiger partial charge on any atom is 0.326 e. The minimum atomic E-state index is -0.874. The third-order valence-electron chi connectivity index (χ3n) is 3.71. The van der Waals surface area contributed by atoms with Crippen LogP contribution in [0.15, 0.2) is 42.5 Å². The Morgan fingerprint density at radius 3 is 2.81 bits per heavy atom. The van der Waals surface area contributed by atoms with Gasteiger partial charge in [-0.2, -0.15) is 0 Å². The van der Waals surface area contributed by atoms with Gasteiger partial charge in [-0.15, -0.1) is 0 Å². The summed E-state index contributed by atoms with van der Waals surface area (Å²) >= 11 is 5.67. The lowest BCUT2D eigenvalue weighted by molar-refractivity contribution is -0.138. The van der Waals surface area contributed by atoms with Crippen LogP contribution in [-0.4, -0.2) is 17.1 Å². The van der Waals surface area contributed by atoms with Gasteiger partial charge >= 0.3 is 5.97 Å². The highest BCUT2D eigenvalue weighted by atomic mass is 35.5. The van der Waals surface area contributed by atoms with Crippen molar-refractivity contribution >= 4 is 23.3 Å². The molecule has 0 spiro atoms. The molecule has 1 atom stereocenters. The van der Waals surface area contributed by atoms with Crippen molar-refractivity contribution in [2.24, 2.45) is 0 Å². The summed E-state index contributed by atoms with van der Waals surface area (Å²) in [4.78, 5) is 13.2. The maximum atomic E-state index is 13.5. The van der Waals surface area contributed by atoms with Crippen molar-refractivity contribution in [1.29, 1.82) is 0 Å². The van der Waals surface area contributed by atoms with Crippen LogP contribution in [0.5, 0.6) is 0 Å². The van der Waals surface area contributed by atoms with E-state index in [2.05, 4.69) is 0 Å². The summed E-state index contributed by atoms with van der Waals surface area (Å²) in [5.74, 6) is -1.37. The van der Waals surface area contributed by atoms with Crippen LogP contribution in [0.2, 0.25) is 5.02 Å². The standard InChI is InChI=1S/C16H13ClFNO2/c17-12-6-5-10(7-13(12)18)9-19-14-4-2-1-3-11(14)8-15(19)16(20)21/h1-7,15H,8-9H2,(H,20,21). The van der Waals surface area contributed by atoms with Gasteiger partial charge in [0.1, 0.15) is 11.9 Å². The van der Waals surface area contributed by atoms with E-state index in [-0.39, 0.29) is 5.02 Å². The Bertz CT molecular complexity index is 704. The van der Waals surface area contributed by atoms with Gasteiger partial charge in [-0.1, -0.05) is 35.9 Å². The summed E-state index contributed by atoms with van der Waals surface area (Å²) in [6.45, 7) is 0.335. The van der Waals surface area contributed by atoms with Crippen LogP contribution in [0.25, 0.3) is 0 Å². The van der Waals surface area contributed by atoms with Crippen LogP contribution in [0.4, 0.5) is 10.1 Å². The summed E-state index contributed by atoms with van der Waals surface area (Å²) in [6.07, 6.45) is 0.460. The number of carbonyl (C=O) groups is 1. The molecule has 0 amide bonds. The molecular weight excluding hydrogens is 293 g/mol. The second-order valence-corrected chi connectivity index (χ2v) is 5.47. The van der Waals surface area contributed by atoms with Crippen LogP contribution in [-0.2, 0) is 17.8 Å². The third kappa shape index (κ3) is 2.59. The van der Waals surface area contributed by atoms with Crippen molar-refractivity contribution in [3.63, 3.8) is 0 Å². The first kappa shape index (κ1) is 13.9. The van der Waals surface area contributed by atoms with Gasteiger partial charge in [-0.25, -0.2) is 9.18 Å². The molecule has 0 fully saturated rings. The molecule has 108 valence electrons. The van der Waals surface area contributed by atoms with Crippen LogP contribution in [0.1, 0.15) is 11.1 Å². The van der Waals surface area contributed by atoms with Gasteiger partial charge in [0.15, 0.2) is 0 Å². The third-order valence-corrected chi connectivity index (χ3v) is 4.02. The zero-order chi connectivity index (χ0) is 15.0. The van der Waals surface area contributed by atoms with E-state index in [4.69, 9.17) is 11.6 Å². The molecular formula is C16H13ClFNO2.